The Labute approximate surface area is 172 Å². The molecule has 0 bridgehead atoms. The summed E-state index contributed by atoms with van der Waals surface area (Å²) in [5, 5.41) is 3.09. The van der Waals surface area contributed by atoms with Crippen LogP contribution in [-0.2, 0) is 22.4 Å². The van der Waals surface area contributed by atoms with E-state index in [1.165, 1.54) is 6.07 Å². The zero-order valence-corrected chi connectivity index (χ0v) is 16.2. The van der Waals surface area contributed by atoms with Crippen LogP contribution in [0.15, 0.2) is 42.5 Å². The van der Waals surface area contributed by atoms with E-state index in [2.05, 4.69) is 5.32 Å². The van der Waals surface area contributed by atoms with E-state index in [4.69, 9.17) is 9.72 Å². The summed E-state index contributed by atoms with van der Waals surface area (Å²) in [4.78, 5) is 29.8. The summed E-state index contributed by atoms with van der Waals surface area (Å²) in [6.45, 7) is -0.538. The Balaban J connectivity index is 1.55. The van der Waals surface area contributed by atoms with Gasteiger partial charge in [-0.3, -0.25) is 9.78 Å². The topological polar surface area (TPSA) is 68.3 Å². The molecule has 1 heterocycles. The second-order valence-electron chi connectivity index (χ2n) is 7.24. The summed E-state index contributed by atoms with van der Waals surface area (Å²) in [6.07, 6.45) is 4.58. The van der Waals surface area contributed by atoms with Gasteiger partial charge in [-0.05, 0) is 49.4 Å². The molecule has 0 saturated heterocycles. The lowest BCUT2D eigenvalue weighted by molar-refractivity contribution is -0.119. The standard InChI is InChI=1S/C23H20F2N2O3/c24-17-11-10-14(12-18(17)25)26-21(28)13-30-23(29)22-15-6-2-1-3-8-19(15)27-20-9-5-4-7-16(20)22/h4-5,7,9-12H,1-3,6,8,13H2,(H,26,28). The molecule has 0 radical (unpaired) electrons. The first-order valence-corrected chi connectivity index (χ1v) is 9.85. The summed E-state index contributed by atoms with van der Waals surface area (Å²) >= 11 is 0. The molecule has 0 spiro atoms. The number of para-hydroxylation sites is 1. The molecular formula is C23H20F2N2O3. The Morgan fingerprint density at radius 1 is 1.00 bits per heavy atom. The minimum Gasteiger partial charge on any atom is -0.452 e. The van der Waals surface area contributed by atoms with Crippen molar-refractivity contribution in [1.29, 1.82) is 0 Å². The number of carbonyl (C=O) groups excluding carboxylic acids is 2. The first-order chi connectivity index (χ1) is 14.5. The van der Waals surface area contributed by atoms with Crippen LogP contribution in [0.4, 0.5) is 14.5 Å². The van der Waals surface area contributed by atoms with Crippen molar-refractivity contribution < 1.29 is 23.1 Å². The molecule has 1 aliphatic rings. The smallest absolute Gasteiger partial charge is 0.339 e. The van der Waals surface area contributed by atoms with E-state index in [0.29, 0.717) is 10.9 Å². The Kier molecular flexibility index (Phi) is 5.70. The third kappa shape index (κ3) is 4.15. The number of aryl methyl sites for hydroxylation is 1. The minimum absolute atomic E-state index is 0.0816. The lowest BCUT2D eigenvalue weighted by Crippen LogP contribution is -2.22. The van der Waals surface area contributed by atoms with Crippen molar-refractivity contribution in [2.75, 3.05) is 11.9 Å². The van der Waals surface area contributed by atoms with Crippen LogP contribution < -0.4 is 5.32 Å². The van der Waals surface area contributed by atoms with Gasteiger partial charge in [0.25, 0.3) is 5.91 Å². The fraction of sp³-hybridized carbons (Fsp3) is 0.261. The highest BCUT2D eigenvalue weighted by atomic mass is 19.2. The summed E-state index contributed by atoms with van der Waals surface area (Å²) < 4.78 is 31.6. The molecule has 3 aromatic rings. The number of esters is 1. The number of halogens is 2. The van der Waals surface area contributed by atoms with Gasteiger partial charge in [-0.1, -0.05) is 24.6 Å². The maximum atomic E-state index is 13.3. The van der Waals surface area contributed by atoms with Crippen LogP contribution in [0.5, 0.6) is 0 Å². The van der Waals surface area contributed by atoms with Crippen LogP contribution in [0.25, 0.3) is 10.9 Å². The Bertz CT molecular complexity index is 1130. The van der Waals surface area contributed by atoms with Crippen LogP contribution in [0.3, 0.4) is 0 Å². The molecule has 0 aliphatic heterocycles. The van der Waals surface area contributed by atoms with E-state index in [9.17, 15) is 18.4 Å². The Morgan fingerprint density at radius 2 is 1.80 bits per heavy atom. The number of amides is 1. The number of nitrogens with one attached hydrogen (secondary N) is 1. The van der Waals surface area contributed by atoms with Gasteiger partial charge in [0.1, 0.15) is 0 Å². The highest BCUT2D eigenvalue weighted by Gasteiger charge is 2.23. The molecule has 0 fully saturated rings. The lowest BCUT2D eigenvalue weighted by Gasteiger charge is -2.15. The highest BCUT2D eigenvalue weighted by molar-refractivity contribution is 6.06. The van der Waals surface area contributed by atoms with E-state index in [1.807, 2.05) is 24.3 Å². The maximum Gasteiger partial charge on any atom is 0.339 e. The quantitative estimate of drug-likeness (QED) is 0.505. The second-order valence-corrected chi connectivity index (χ2v) is 7.24. The van der Waals surface area contributed by atoms with Gasteiger partial charge in [0.2, 0.25) is 0 Å². The number of anilines is 1. The van der Waals surface area contributed by atoms with Gasteiger partial charge in [0, 0.05) is 22.8 Å². The predicted molar refractivity (Wildman–Crippen MR) is 108 cm³/mol. The zero-order valence-electron chi connectivity index (χ0n) is 16.2. The molecule has 2 aromatic carbocycles. The maximum absolute atomic E-state index is 13.3. The summed E-state index contributed by atoms with van der Waals surface area (Å²) in [5.74, 6) is -3.31. The van der Waals surface area contributed by atoms with Crippen molar-refractivity contribution in [3.05, 3.63) is 70.9 Å². The third-order valence-electron chi connectivity index (χ3n) is 5.16. The van der Waals surface area contributed by atoms with Gasteiger partial charge in [0.15, 0.2) is 18.2 Å². The number of nitrogens with zero attached hydrogens (tertiary/aromatic N) is 1. The molecule has 0 atom stereocenters. The van der Waals surface area contributed by atoms with Gasteiger partial charge < -0.3 is 10.1 Å². The molecule has 1 N–H and O–H groups in total. The van der Waals surface area contributed by atoms with Gasteiger partial charge in [0.05, 0.1) is 11.1 Å². The van der Waals surface area contributed by atoms with Crippen LogP contribution in [0.2, 0.25) is 0 Å². The molecule has 1 aliphatic carbocycles. The fourth-order valence-corrected chi connectivity index (χ4v) is 3.76. The summed E-state index contributed by atoms with van der Waals surface area (Å²) in [7, 11) is 0. The van der Waals surface area contributed by atoms with Crippen molar-refractivity contribution in [3.63, 3.8) is 0 Å². The molecule has 5 nitrogen and oxygen atoms in total. The van der Waals surface area contributed by atoms with Crippen molar-refractivity contribution in [2.24, 2.45) is 0 Å². The van der Waals surface area contributed by atoms with Crippen LogP contribution in [-0.4, -0.2) is 23.5 Å². The number of fused-ring (bicyclic) bond motifs is 2. The Hall–Kier alpha value is -3.35. The molecule has 1 aromatic heterocycles. The molecule has 154 valence electrons. The first-order valence-electron chi connectivity index (χ1n) is 9.85. The molecule has 0 unspecified atom stereocenters. The average molecular weight is 410 g/mol. The van der Waals surface area contributed by atoms with Crippen LogP contribution in [0, 0.1) is 11.6 Å². The number of hydrogen-bond donors (Lipinski definition) is 1. The predicted octanol–water partition coefficient (Wildman–Crippen LogP) is 4.58. The van der Waals surface area contributed by atoms with E-state index in [0.717, 1.165) is 61.0 Å². The monoisotopic (exact) mass is 410 g/mol. The van der Waals surface area contributed by atoms with Crippen LogP contribution >= 0.6 is 0 Å². The number of hydrogen-bond acceptors (Lipinski definition) is 4. The third-order valence-corrected chi connectivity index (χ3v) is 5.16. The van der Waals surface area contributed by atoms with Crippen molar-refractivity contribution >= 4 is 28.5 Å². The number of ether oxygens (including phenoxy) is 1. The summed E-state index contributed by atoms with van der Waals surface area (Å²) in [6, 6.07) is 10.4. The van der Waals surface area contributed by atoms with Crippen LogP contribution in [0.1, 0.15) is 40.9 Å². The normalized spacial score (nSPS) is 13.4. The van der Waals surface area contributed by atoms with Gasteiger partial charge >= 0.3 is 5.97 Å². The molecule has 0 saturated carbocycles. The van der Waals surface area contributed by atoms with E-state index in [-0.39, 0.29) is 5.69 Å². The molecular weight excluding hydrogens is 390 g/mol. The number of carbonyl (C=O) groups is 2. The average Bonchev–Trinajstić information content (AvgIpc) is 2.98. The van der Waals surface area contributed by atoms with Gasteiger partial charge in [-0.15, -0.1) is 0 Å². The van der Waals surface area contributed by atoms with E-state index >= 15 is 0 Å². The first kappa shape index (κ1) is 19.9. The number of pyridine rings is 1. The molecule has 30 heavy (non-hydrogen) atoms. The molecule has 7 heteroatoms. The number of benzene rings is 2. The second kappa shape index (κ2) is 8.57. The number of aromatic nitrogens is 1. The summed E-state index contributed by atoms with van der Waals surface area (Å²) in [5.41, 5.74) is 3.05. The number of rotatable bonds is 4. The SMILES string of the molecule is O=C(COC(=O)c1c2c(nc3ccccc13)CCCCC2)Nc1ccc(F)c(F)c1. The van der Waals surface area contributed by atoms with E-state index in [1.54, 1.807) is 0 Å². The van der Waals surface area contributed by atoms with Crippen molar-refractivity contribution in [1.82, 2.24) is 4.98 Å². The minimum atomic E-state index is -1.07. The van der Waals surface area contributed by atoms with E-state index < -0.39 is 30.1 Å². The van der Waals surface area contributed by atoms with Gasteiger partial charge in [-0.25, -0.2) is 13.6 Å². The van der Waals surface area contributed by atoms with Gasteiger partial charge in [-0.2, -0.15) is 0 Å². The largest absolute Gasteiger partial charge is 0.452 e. The lowest BCUT2D eigenvalue weighted by atomic mass is 9.97. The van der Waals surface area contributed by atoms with Crippen molar-refractivity contribution in [3.8, 4) is 0 Å². The molecule has 4 rings (SSSR count). The molecule has 1 amide bonds. The Morgan fingerprint density at radius 3 is 2.63 bits per heavy atom. The fourth-order valence-electron chi connectivity index (χ4n) is 3.76. The van der Waals surface area contributed by atoms with Crippen molar-refractivity contribution in [2.45, 2.75) is 32.1 Å². The zero-order chi connectivity index (χ0) is 21.1. The highest BCUT2D eigenvalue weighted by Crippen LogP contribution is 2.29.